The Balaban J connectivity index is 1.47. The standard InChI is InChI=1S/C32H28N4/c33-30(22-10-9-11-22)29-31(34)27-16-7-8-17-28(27)35-32(29)23-18-20-26(21-19-23)36(24-12-3-1-4-13-24)25-14-5-2-6-15-25/h1-10,12-22,30H,11,33H2,(H2,34,35)/t22-,30+/m1/s1. The minimum Gasteiger partial charge on any atom is -0.398 e. The summed E-state index contributed by atoms with van der Waals surface area (Å²) >= 11 is 0. The maximum Gasteiger partial charge on any atom is 0.0778 e. The number of nitrogens with zero attached hydrogens (tertiary/aromatic N) is 2. The number of para-hydroxylation sites is 3. The van der Waals surface area contributed by atoms with Crippen molar-refractivity contribution in [3.05, 3.63) is 127 Å². The number of aromatic nitrogens is 1. The summed E-state index contributed by atoms with van der Waals surface area (Å²) in [7, 11) is 0. The Bertz CT molecular complexity index is 1490. The zero-order chi connectivity index (χ0) is 24.5. The number of benzene rings is 4. The van der Waals surface area contributed by atoms with Crippen LogP contribution >= 0.6 is 0 Å². The molecule has 1 aliphatic rings. The number of nitrogen functional groups attached to an aromatic ring is 1. The molecule has 0 spiro atoms. The normalized spacial score (nSPS) is 15.4. The van der Waals surface area contributed by atoms with Gasteiger partial charge >= 0.3 is 0 Å². The third kappa shape index (κ3) is 3.92. The molecule has 0 unspecified atom stereocenters. The van der Waals surface area contributed by atoms with E-state index in [1.807, 2.05) is 36.4 Å². The van der Waals surface area contributed by atoms with Crippen molar-refractivity contribution in [2.75, 3.05) is 10.6 Å². The summed E-state index contributed by atoms with van der Waals surface area (Å²) in [6, 6.07) is 37.1. The Morgan fingerprint density at radius 2 is 1.28 bits per heavy atom. The second-order valence-corrected chi connectivity index (χ2v) is 9.21. The molecule has 4 nitrogen and oxygen atoms in total. The molecule has 1 aromatic heterocycles. The molecule has 0 amide bonds. The maximum atomic E-state index is 6.78. The minimum atomic E-state index is -0.202. The molecule has 4 N–H and O–H groups in total. The van der Waals surface area contributed by atoms with Gasteiger partial charge in [0, 0.05) is 45.3 Å². The van der Waals surface area contributed by atoms with E-state index in [1.54, 1.807) is 0 Å². The van der Waals surface area contributed by atoms with Gasteiger partial charge in [-0.25, -0.2) is 4.98 Å². The molecule has 0 radical (unpaired) electrons. The summed E-state index contributed by atoms with van der Waals surface area (Å²) < 4.78 is 0. The van der Waals surface area contributed by atoms with Crippen LogP contribution in [0.3, 0.4) is 0 Å². The number of fused-ring (bicyclic) bond motifs is 1. The van der Waals surface area contributed by atoms with Crippen molar-refractivity contribution in [2.24, 2.45) is 11.7 Å². The first-order valence-electron chi connectivity index (χ1n) is 12.3. The summed E-state index contributed by atoms with van der Waals surface area (Å²) in [4.78, 5) is 7.31. The number of pyridine rings is 1. The third-order valence-corrected chi connectivity index (χ3v) is 6.99. The topological polar surface area (TPSA) is 68.2 Å². The molecule has 2 atom stereocenters. The molecular formula is C32H28N4. The Kier molecular flexibility index (Phi) is 5.72. The van der Waals surface area contributed by atoms with Crippen molar-refractivity contribution in [3.63, 3.8) is 0 Å². The Morgan fingerprint density at radius 3 is 1.86 bits per heavy atom. The lowest BCUT2D eigenvalue weighted by atomic mass is 9.82. The SMILES string of the molecule is Nc1c([C@@H](N)[C@@H]2C=CC2)c(-c2ccc(N(c3ccccc3)c3ccccc3)cc2)nc2ccccc12. The van der Waals surface area contributed by atoms with Crippen LogP contribution in [0.2, 0.25) is 0 Å². The zero-order valence-corrected chi connectivity index (χ0v) is 20.0. The van der Waals surface area contributed by atoms with E-state index < -0.39 is 0 Å². The lowest BCUT2D eigenvalue weighted by Crippen LogP contribution is -2.25. The van der Waals surface area contributed by atoms with Crippen LogP contribution in [0.4, 0.5) is 22.7 Å². The van der Waals surface area contributed by atoms with Gasteiger partial charge in [0.1, 0.15) is 0 Å². The highest BCUT2D eigenvalue weighted by Gasteiger charge is 2.27. The second kappa shape index (κ2) is 9.33. The van der Waals surface area contributed by atoms with Gasteiger partial charge in [-0.15, -0.1) is 0 Å². The first kappa shape index (κ1) is 22.1. The van der Waals surface area contributed by atoms with Crippen LogP contribution in [0.1, 0.15) is 18.0 Å². The van der Waals surface area contributed by atoms with E-state index in [-0.39, 0.29) is 12.0 Å². The molecule has 0 saturated carbocycles. The van der Waals surface area contributed by atoms with Crippen LogP contribution in [0, 0.1) is 5.92 Å². The molecule has 4 aromatic carbocycles. The zero-order valence-electron chi connectivity index (χ0n) is 20.0. The molecule has 4 heteroatoms. The predicted octanol–water partition coefficient (Wildman–Crippen LogP) is 7.53. The fourth-order valence-corrected chi connectivity index (χ4v) is 4.95. The quantitative estimate of drug-likeness (QED) is 0.253. The van der Waals surface area contributed by atoms with Gasteiger partial charge in [0.25, 0.3) is 0 Å². The van der Waals surface area contributed by atoms with Crippen molar-refractivity contribution in [1.82, 2.24) is 4.98 Å². The molecule has 0 saturated heterocycles. The van der Waals surface area contributed by atoms with Crippen LogP contribution < -0.4 is 16.4 Å². The Hall–Kier alpha value is -4.41. The van der Waals surface area contributed by atoms with E-state index in [4.69, 9.17) is 16.5 Å². The Morgan fingerprint density at radius 1 is 0.722 bits per heavy atom. The van der Waals surface area contributed by atoms with Gasteiger partial charge in [-0.2, -0.15) is 0 Å². The summed E-state index contributed by atoms with van der Waals surface area (Å²) in [6.07, 6.45) is 5.30. The van der Waals surface area contributed by atoms with Crippen LogP contribution in [-0.2, 0) is 0 Å². The highest BCUT2D eigenvalue weighted by atomic mass is 15.1. The smallest absolute Gasteiger partial charge is 0.0778 e. The molecule has 36 heavy (non-hydrogen) atoms. The highest BCUT2D eigenvalue weighted by molar-refractivity contribution is 5.95. The number of allylic oxidation sites excluding steroid dienone is 1. The van der Waals surface area contributed by atoms with E-state index >= 15 is 0 Å². The average Bonchev–Trinajstić information content (AvgIpc) is 2.89. The molecule has 1 aliphatic carbocycles. The van der Waals surface area contributed by atoms with Crippen LogP contribution in [-0.4, -0.2) is 4.98 Å². The van der Waals surface area contributed by atoms with Crippen molar-refractivity contribution in [3.8, 4) is 11.3 Å². The Labute approximate surface area is 211 Å². The second-order valence-electron chi connectivity index (χ2n) is 9.21. The molecule has 0 fully saturated rings. The number of nitrogens with two attached hydrogens (primary N) is 2. The van der Waals surface area contributed by atoms with Gasteiger partial charge in [0.15, 0.2) is 0 Å². The van der Waals surface area contributed by atoms with Crippen molar-refractivity contribution < 1.29 is 0 Å². The fourth-order valence-electron chi connectivity index (χ4n) is 4.95. The third-order valence-electron chi connectivity index (χ3n) is 6.99. The largest absolute Gasteiger partial charge is 0.398 e. The van der Waals surface area contributed by atoms with Gasteiger partial charge < -0.3 is 16.4 Å². The fraction of sp³-hybridized carbons (Fsp3) is 0.0938. The molecule has 1 heterocycles. The van der Waals surface area contributed by atoms with E-state index in [0.717, 1.165) is 56.9 Å². The first-order chi connectivity index (χ1) is 17.7. The van der Waals surface area contributed by atoms with Gasteiger partial charge in [0.2, 0.25) is 0 Å². The van der Waals surface area contributed by atoms with Gasteiger partial charge in [0.05, 0.1) is 11.2 Å². The molecule has 176 valence electrons. The first-order valence-corrected chi connectivity index (χ1v) is 12.3. The highest BCUT2D eigenvalue weighted by Crippen LogP contribution is 2.42. The summed E-state index contributed by atoms with van der Waals surface area (Å²) in [5, 5.41) is 0.950. The molecule has 0 aliphatic heterocycles. The lowest BCUT2D eigenvalue weighted by molar-refractivity contribution is 0.494. The molecule has 0 bridgehead atoms. The number of hydrogen-bond acceptors (Lipinski definition) is 4. The van der Waals surface area contributed by atoms with Crippen LogP contribution in [0.25, 0.3) is 22.2 Å². The van der Waals surface area contributed by atoms with Gasteiger partial charge in [-0.05, 0) is 54.8 Å². The van der Waals surface area contributed by atoms with Crippen LogP contribution in [0.15, 0.2) is 121 Å². The maximum absolute atomic E-state index is 6.78. The average molecular weight is 469 g/mol. The summed E-state index contributed by atoms with van der Waals surface area (Å²) in [6.45, 7) is 0. The number of anilines is 4. The summed E-state index contributed by atoms with van der Waals surface area (Å²) in [5.41, 5.74) is 21.2. The number of hydrogen-bond donors (Lipinski definition) is 2. The monoisotopic (exact) mass is 468 g/mol. The van der Waals surface area contributed by atoms with Crippen molar-refractivity contribution >= 4 is 33.7 Å². The van der Waals surface area contributed by atoms with Crippen molar-refractivity contribution in [1.29, 1.82) is 0 Å². The van der Waals surface area contributed by atoms with E-state index in [2.05, 4.69) is 89.8 Å². The molecule has 5 aromatic rings. The summed E-state index contributed by atoms with van der Waals surface area (Å²) in [5.74, 6) is 0.278. The number of rotatable bonds is 6. The van der Waals surface area contributed by atoms with E-state index in [9.17, 15) is 0 Å². The lowest BCUT2D eigenvalue weighted by Gasteiger charge is -2.29. The molecule has 6 rings (SSSR count). The predicted molar refractivity (Wildman–Crippen MR) is 150 cm³/mol. The van der Waals surface area contributed by atoms with Crippen molar-refractivity contribution in [2.45, 2.75) is 12.5 Å². The minimum absolute atomic E-state index is 0.202. The van der Waals surface area contributed by atoms with E-state index in [1.165, 1.54) is 0 Å². The van der Waals surface area contributed by atoms with Crippen LogP contribution in [0.5, 0.6) is 0 Å². The van der Waals surface area contributed by atoms with Gasteiger partial charge in [-0.1, -0.05) is 78.9 Å². The molecular weight excluding hydrogens is 440 g/mol. The van der Waals surface area contributed by atoms with Gasteiger partial charge in [-0.3, -0.25) is 0 Å². The van der Waals surface area contributed by atoms with E-state index in [0.29, 0.717) is 0 Å².